The van der Waals surface area contributed by atoms with Crippen LogP contribution in [0.25, 0.3) is 0 Å². The number of nitrogens with zero attached hydrogens (tertiary/aromatic N) is 1. The number of benzene rings is 2. The third-order valence-electron chi connectivity index (χ3n) is 3.01. The van der Waals surface area contributed by atoms with Crippen LogP contribution in [-0.2, 0) is 4.79 Å². The van der Waals surface area contributed by atoms with Crippen molar-refractivity contribution in [2.24, 2.45) is 0 Å². The molecule has 2 rings (SSSR count). The van der Waals surface area contributed by atoms with Crippen molar-refractivity contribution in [3.05, 3.63) is 59.7 Å². The molecule has 1 atom stereocenters. The predicted molar refractivity (Wildman–Crippen MR) is 86.3 cm³/mol. The molecule has 0 aromatic heterocycles. The fourth-order valence-corrected chi connectivity index (χ4v) is 2.67. The third-order valence-corrected chi connectivity index (χ3v) is 4.12. The molecule has 0 bridgehead atoms. The van der Waals surface area contributed by atoms with Gasteiger partial charge in [-0.3, -0.25) is 4.79 Å². The normalized spacial score (nSPS) is 11.5. The molecule has 0 unspecified atom stereocenters. The number of nitrogens with one attached hydrogen (secondary N) is 1. The Balaban J connectivity index is 2.03. The molecule has 2 aromatic rings. The Labute approximate surface area is 129 Å². The third kappa shape index (κ3) is 4.11. The summed E-state index contributed by atoms with van der Waals surface area (Å²) in [6, 6.07) is 17.1. The van der Waals surface area contributed by atoms with E-state index in [2.05, 4.69) is 11.4 Å². The Bertz CT molecular complexity index is 674. The molecule has 1 amide bonds. The van der Waals surface area contributed by atoms with E-state index in [4.69, 9.17) is 5.26 Å². The molecule has 0 radical (unpaired) electrons. The maximum Gasteiger partial charge on any atom is 0.237 e. The van der Waals surface area contributed by atoms with Gasteiger partial charge in [0.15, 0.2) is 0 Å². The Morgan fingerprint density at radius 1 is 1.19 bits per heavy atom. The van der Waals surface area contributed by atoms with Crippen LogP contribution in [0.1, 0.15) is 18.1 Å². The second-order valence-corrected chi connectivity index (χ2v) is 6.13. The first-order valence-corrected chi connectivity index (χ1v) is 7.51. The molecule has 0 saturated carbocycles. The van der Waals surface area contributed by atoms with Gasteiger partial charge in [0.1, 0.15) is 6.07 Å². The van der Waals surface area contributed by atoms with Crippen LogP contribution in [0.3, 0.4) is 0 Å². The van der Waals surface area contributed by atoms with Gasteiger partial charge in [0, 0.05) is 4.90 Å². The highest BCUT2D eigenvalue weighted by atomic mass is 32.2. The number of carbonyl (C=O) groups is 1. The zero-order valence-corrected chi connectivity index (χ0v) is 12.8. The summed E-state index contributed by atoms with van der Waals surface area (Å²) in [4.78, 5) is 13.3. The zero-order valence-electron chi connectivity index (χ0n) is 12.0. The van der Waals surface area contributed by atoms with Crippen molar-refractivity contribution in [3.63, 3.8) is 0 Å². The van der Waals surface area contributed by atoms with E-state index in [-0.39, 0.29) is 11.2 Å². The number of carbonyl (C=O) groups excluding carboxylic acids is 1. The molecule has 0 aliphatic carbocycles. The maximum absolute atomic E-state index is 12.2. The molecule has 0 fully saturated rings. The summed E-state index contributed by atoms with van der Waals surface area (Å²) in [5.74, 6) is -0.108. The lowest BCUT2D eigenvalue weighted by Gasteiger charge is -2.13. The predicted octanol–water partition coefficient (Wildman–Crippen LogP) is 3.99. The molecule has 0 saturated heterocycles. The minimum atomic E-state index is -0.237. The van der Waals surface area contributed by atoms with Crippen LogP contribution in [0.2, 0.25) is 0 Å². The molecule has 0 heterocycles. The molecule has 21 heavy (non-hydrogen) atoms. The molecule has 0 aliphatic heterocycles. The van der Waals surface area contributed by atoms with Crippen molar-refractivity contribution in [1.82, 2.24) is 0 Å². The minimum Gasteiger partial charge on any atom is -0.324 e. The van der Waals surface area contributed by atoms with E-state index in [0.717, 1.165) is 4.90 Å². The highest BCUT2D eigenvalue weighted by Crippen LogP contribution is 2.25. The number of hydrogen-bond acceptors (Lipinski definition) is 3. The van der Waals surface area contributed by atoms with Crippen LogP contribution < -0.4 is 5.32 Å². The Kier molecular flexibility index (Phi) is 5.02. The van der Waals surface area contributed by atoms with Crippen LogP contribution in [0, 0.1) is 18.3 Å². The van der Waals surface area contributed by atoms with Crippen molar-refractivity contribution in [2.45, 2.75) is 24.0 Å². The van der Waals surface area contributed by atoms with Crippen molar-refractivity contribution >= 4 is 23.4 Å². The molecule has 106 valence electrons. The highest BCUT2D eigenvalue weighted by molar-refractivity contribution is 8.00. The first kappa shape index (κ1) is 15.1. The number of rotatable bonds is 4. The van der Waals surface area contributed by atoms with Crippen molar-refractivity contribution in [3.8, 4) is 6.07 Å². The smallest absolute Gasteiger partial charge is 0.237 e. The first-order chi connectivity index (χ1) is 10.1. The molecular formula is C17H16N2OS. The van der Waals surface area contributed by atoms with E-state index >= 15 is 0 Å². The van der Waals surface area contributed by atoms with Gasteiger partial charge in [0.05, 0.1) is 16.5 Å². The summed E-state index contributed by atoms with van der Waals surface area (Å²) in [6.45, 7) is 3.89. The number of aryl methyl sites for hydroxylation is 1. The van der Waals surface area contributed by atoms with E-state index in [0.29, 0.717) is 11.3 Å². The Morgan fingerprint density at radius 3 is 2.52 bits per heavy atom. The monoisotopic (exact) mass is 296 g/mol. The minimum absolute atomic E-state index is 0.108. The zero-order chi connectivity index (χ0) is 15.2. The topological polar surface area (TPSA) is 52.9 Å². The lowest BCUT2D eigenvalue weighted by Crippen LogP contribution is -2.22. The second kappa shape index (κ2) is 6.96. The van der Waals surface area contributed by atoms with Crippen LogP contribution in [0.4, 0.5) is 5.69 Å². The van der Waals surface area contributed by atoms with Crippen LogP contribution in [0.5, 0.6) is 0 Å². The van der Waals surface area contributed by atoms with E-state index in [1.54, 1.807) is 24.3 Å². The summed E-state index contributed by atoms with van der Waals surface area (Å²) in [6.07, 6.45) is 0. The van der Waals surface area contributed by atoms with Crippen LogP contribution in [0.15, 0.2) is 53.4 Å². The van der Waals surface area contributed by atoms with E-state index in [1.165, 1.54) is 17.3 Å². The van der Waals surface area contributed by atoms with E-state index in [9.17, 15) is 4.79 Å². The Hall–Kier alpha value is -2.25. The molecular weight excluding hydrogens is 280 g/mol. The number of amides is 1. The molecule has 0 aliphatic rings. The van der Waals surface area contributed by atoms with E-state index in [1.807, 2.05) is 38.1 Å². The van der Waals surface area contributed by atoms with Gasteiger partial charge in [0.25, 0.3) is 0 Å². The summed E-state index contributed by atoms with van der Waals surface area (Å²) in [7, 11) is 0. The fraction of sp³-hybridized carbons (Fsp3) is 0.176. The van der Waals surface area contributed by atoms with Gasteiger partial charge in [0.2, 0.25) is 5.91 Å². The lowest BCUT2D eigenvalue weighted by atomic mass is 10.2. The Morgan fingerprint density at radius 2 is 1.86 bits per heavy atom. The second-order valence-electron chi connectivity index (χ2n) is 4.72. The van der Waals surface area contributed by atoms with Crippen molar-refractivity contribution < 1.29 is 4.79 Å². The average molecular weight is 296 g/mol. The van der Waals surface area contributed by atoms with Crippen LogP contribution >= 0.6 is 11.8 Å². The molecule has 0 spiro atoms. The summed E-state index contributed by atoms with van der Waals surface area (Å²) >= 11 is 1.50. The molecule has 3 nitrogen and oxygen atoms in total. The van der Waals surface area contributed by atoms with Gasteiger partial charge >= 0.3 is 0 Å². The first-order valence-electron chi connectivity index (χ1n) is 6.63. The van der Waals surface area contributed by atoms with E-state index < -0.39 is 0 Å². The van der Waals surface area contributed by atoms with Crippen molar-refractivity contribution in [2.75, 3.05) is 5.32 Å². The number of anilines is 1. The largest absolute Gasteiger partial charge is 0.324 e. The highest BCUT2D eigenvalue weighted by Gasteiger charge is 2.15. The lowest BCUT2D eigenvalue weighted by molar-refractivity contribution is -0.115. The van der Waals surface area contributed by atoms with Crippen LogP contribution in [-0.4, -0.2) is 11.2 Å². The summed E-state index contributed by atoms with van der Waals surface area (Å²) < 4.78 is 0. The number of para-hydroxylation sites is 1. The van der Waals surface area contributed by atoms with Gasteiger partial charge in [-0.2, -0.15) is 5.26 Å². The van der Waals surface area contributed by atoms with Gasteiger partial charge < -0.3 is 5.32 Å². The van der Waals surface area contributed by atoms with Gasteiger partial charge in [-0.15, -0.1) is 11.8 Å². The quantitative estimate of drug-likeness (QED) is 0.868. The summed E-state index contributed by atoms with van der Waals surface area (Å²) in [5, 5.41) is 11.6. The standard InChI is InChI=1S/C17H16N2OS/c1-12-7-9-15(10-8-12)21-13(2)17(20)19-16-6-4-3-5-14(16)11-18/h3-10,13H,1-2H3,(H,19,20)/t13-/m0/s1. The number of nitriles is 1. The van der Waals surface area contributed by atoms with Gasteiger partial charge in [-0.1, -0.05) is 29.8 Å². The maximum atomic E-state index is 12.2. The van der Waals surface area contributed by atoms with Crippen molar-refractivity contribution in [1.29, 1.82) is 5.26 Å². The molecule has 4 heteroatoms. The van der Waals surface area contributed by atoms with Gasteiger partial charge in [-0.05, 0) is 38.1 Å². The average Bonchev–Trinajstić information content (AvgIpc) is 2.50. The molecule has 1 N–H and O–H groups in total. The molecule has 2 aromatic carbocycles. The van der Waals surface area contributed by atoms with Gasteiger partial charge in [-0.25, -0.2) is 0 Å². The number of thioether (sulfide) groups is 1. The summed E-state index contributed by atoms with van der Waals surface area (Å²) in [5.41, 5.74) is 2.22. The SMILES string of the molecule is Cc1ccc(S[C@@H](C)C(=O)Nc2ccccc2C#N)cc1. The fourth-order valence-electron chi connectivity index (χ4n) is 1.80. The number of hydrogen-bond donors (Lipinski definition) is 1.